The van der Waals surface area contributed by atoms with Crippen LogP contribution >= 0.6 is 0 Å². The first kappa shape index (κ1) is 29.3. The number of aliphatic hydroxyl groups is 1. The normalized spacial score (nSPS) is 13.6. The lowest BCUT2D eigenvalue weighted by Gasteiger charge is -2.27. The van der Waals surface area contributed by atoms with Crippen LogP contribution in [-0.4, -0.2) is 62.5 Å². The first-order chi connectivity index (χ1) is 17.3. The van der Waals surface area contributed by atoms with E-state index in [0.717, 1.165) is 12.8 Å². The van der Waals surface area contributed by atoms with Crippen LogP contribution in [0.25, 0.3) is 0 Å². The molecule has 3 atom stereocenters. The number of rotatable bonds is 16. The summed E-state index contributed by atoms with van der Waals surface area (Å²) >= 11 is 0. The lowest BCUT2D eigenvalue weighted by Crippen LogP contribution is -2.46. The Kier molecular flexibility index (Phi) is 13.0. The summed E-state index contributed by atoms with van der Waals surface area (Å²) in [6.07, 6.45) is 1.33. The Morgan fingerprint density at radius 2 is 1.56 bits per heavy atom. The molecule has 0 fully saturated rings. The van der Waals surface area contributed by atoms with Crippen LogP contribution in [0.2, 0.25) is 0 Å². The SMILES string of the molecule is COCCCCOc1ccccc1C(=O)NC[C@@H](C[C@H](N)[C@@H](O)CNC(=O)c1ccccc1)C(C)C. The van der Waals surface area contributed by atoms with Gasteiger partial charge in [-0.05, 0) is 55.4 Å². The molecule has 2 aromatic carbocycles. The van der Waals surface area contributed by atoms with Crippen molar-refractivity contribution in [3.63, 3.8) is 0 Å². The van der Waals surface area contributed by atoms with Gasteiger partial charge in [0.25, 0.3) is 11.8 Å². The smallest absolute Gasteiger partial charge is 0.255 e. The number of hydrogen-bond donors (Lipinski definition) is 4. The van der Waals surface area contributed by atoms with E-state index < -0.39 is 12.1 Å². The minimum Gasteiger partial charge on any atom is -0.493 e. The monoisotopic (exact) mass is 499 g/mol. The van der Waals surface area contributed by atoms with Crippen LogP contribution in [0.3, 0.4) is 0 Å². The molecule has 0 bridgehead atoms. The Bertz CT molecular complexity index is 922. The van der Waals surface area contributed by atoms with Gasteiger partial charge in [-0.2, -0.15) is 0 Å². The van der Waals surface area contributed by atoms with E-state index in [9.17, 15) is 14.7 Å². The van der Waals surface area contributed by atoms with Crippen molar-refractivity contribution in [1.82, 2.24) is 10.6 Å². The molecular weight excluding hydrogens is 458 g/mol. The molecule has 8 heteroatoms. The predicted molar refractivity (Wildman–Crippen MR) is 141 cm³/mol. The Morgan fingerprint density at radius 3 is 2.25 bits per heavy atom. The summed E-state index contributed by atoms with van der Waals surface area (Å²) in [6.45, 7) is 5.78. The summed E-state index contributed by atoms with van der Waals surface area (Å²) in [5, 5.41) is 16.3. The molecule has 0 saturated carbocycles. The highest BCUT2D eigenvalue weighted by Crippen LogP contribution is 2.20. The lowest BCUT2D eigenvalue weighted by molar-refractivity contribution is 0.0865. The Morgan fingerprint density at radius 1 is 0.917 bits per heavy atom. The van der Waals surface area contributed by atoms with Gasteiger partial charge in [0, 0.05) is 38.4 Å². The van der Waals surface area contributed by atoms with E-state index >= 15 is 0 Å². The van der Waals surface area contributed by atoms with Crippen molar-refractivity contribution in [2.45, 2.75) is 45.3 Å². The van der Waals surface area contributed by atoms with Crippen LogP contribution in [0.1, 0.15) is 53.8 Å². The Balaban J connectivity index is 1.85. The molecular formula is C28H41N3O5. The third kappa shape index (κ3) is 9.97. The van der Waals surface area contributed by atoms with Gasteiger partial charge in [0.05, 0.1) is 18.3 Å². The second-order valence-electron chi connectivity index (χ2n) is 9.30. The zero-order valence-corrected chi connectivity index (χ0v) is 21.6. The fraction of sp³-hybridized carbons (Fsp3) is 0.500. The van der Waals surface area contributed by atoms with Gasteiger partial charge in [0.15, 0.2) is 0 Å². The van der Waals surface area contributed by atoms with Crippen LogP contribution < -0.4 is 21.1 Å². The molecule has 2 rings (SSSR count). The van der Waals surface area contributed by atoms with Crippen LogP contribution in [0, 0.1) is 11.8 Å². The molecule has 2 aromatic rings. The van der Waals surface area contributed by atoms with Crippen LogP contribution in [0.4, 0.5) is 0 Å². The quantitative estimate of drug-likeness (QED) is 0.263. The van der Waals surface area contributed by atoms with Crippen molar-refractivity contribution in [2.75, 3.05) is 33.4 Å². The number of hydrogen-bond acceptors (Lipinski definition) is 6. The zero-order chi connectivity index (χ0) is 26.3. The van der Waals surface area contributed by atoms with Crippen molar-refractivity contribution in [2.24, 2.45) is 17.6 Å². The first-order valence-electron chi connectivity index (χ1n) is 12.6. The molecule has 0 unspecified atom stereocenters. The number of methoxy groups -OCH3 is 1. The van der Waals surface area contributed by atoms with E-state index in [1.54, 1.807) is 43.5 Å². The highest BCUT2D eigenvalue weighted by atomic mass is 16.5. The number of nitrogens with one attached hydrogen (secondary N) is 2. The molecule has 0 aliphatic rings. The molecule has 0 aromatic heterocycles. The number of para-hydroxylation sites is 1. The van der Waals surface area contributed by atoms with E-state index in [1.807, 2.05) is 18.2 Å². The van der Waals surface area contributed by atoms with Gasteiger partial charge in [0.1, 0.15) is 5.75 Å². The third-order valence-electron chi connectivity index (χ3n) is 6.18. The van der Waals surface area contributed by atoms with Crippen molar-refractivity contribution in [1.29, 1.82) is 0 Å². The van der Waals surface area contributed by atoms with Gasteiger partial charge in [-0.25, -0.2) is 0 Å². The molecule has 36 heavy (non-hydrogen) atoms. The van der Waals surface area contributed by atoms with Gasteiger partial charge in [0.2, 0.25) is 0 Å². The molecule has 0 spiro atoms. The summed E-state index contributed by atoms with van der Waals surface area (Å²) in [7, 11) is 1.67. The summed E-state index contributed by atoms with van der Waals surface area (Å²) in [6, 6.07) is 15.5. The Labute approximate surface area is 214 Å². The number of amides is 2. The fourth-order valence-electron chi connectivity index (χ4n) is 3.77. The van der Waals surface area contributed by atoms with Gasteiger partial charge >= 0.3 is 0 Å². The highest BCUT2D eigenvalue weighted by molar-refractivity contribution is 5.97. The first-order valence-corrected chi connectivity index (χ1v) is 12.6. The number of carbonyl (C=O) groups excluding carboxylic acids is 2. The average molecular weight is 500 g/mol. The van der Waals surface area contributed by atoms with Crippen molar-refractivity contribution in [3.8, 4) is 5.75 Å². The van der Waals surface area contributed by atoms with E-state index in [2.05, 4.69) is 24.5 Å². The Hall–Kier alpha value is -2.94. The molecule has 5 N–H and O–H groups in total. The van der Waals surface area contributed by atoms with Gasteiger partial charge in [-0.15, -0.1) is 0 Å². The molecule has 0 aliphatic heterocycles. The predicted octanol–water partition coefficient (Wildman–Crippen LogP) is 3.00. The maximum absolute atomic E-state index is 12.9. The van der Waals surface area contributed by atoms with Crippen LogP contribution in [0.15, 0.2) is 54.6 Å². The zero-order valence-electron chi connectivity index (χ0n) is 21.6. The number of ether oxygens (including phenoxy) is 2. The molecule has 0 radical (unpaired) electrons. The highest BCUT2D eigenvalue weighted by Gasteiger charge is 2.24. The summed E-state index contributed by atoms with van der Waals surface area (Å²) < 4.78 is 10.9. The number of aliphatic hydroxyl groups excluding tert-OH is 1. The molecule has 0 saturated heterocycles. The minimum absolute atomic E-state index is 0.0468. The third-order valence-corrected chi connectivity index (χ3v) is 6.18. The van der Waals surface area contributed by atoms with Gasteiger partial charge in [-0.1, -0.05) is 44.2 Å². The van der Waals surface area contributed by atoms with Crippen molar-refractivity contribution in [3.05, 3.63) is 65.7 Å². The second-order valence-corrected chi connectivity index (χ2v) is 9.30. The maximum atomic E-state index is 12.9. The molecule has 198 valence electrons. The fourth-order valence-corrected chi connectivity index (χ4v) is 3.77. The average Bonchev–Trinajstić information content (AvgIpc) is 2.89. The van der Waals surface area contributed by atoms with E-state index in [0.29, 0.717) is 43.1 Å². The van der Waals surface area contributed by atoms with Gasteiger partial charge < -0.3 is 30.9 Å². The largest absolute Gasteiger partial charge is 0.493 e. The minimum atomic E-state index is -0.901. The van der Waals surface area contributed by atoms with Crippen LogP contribution in [0.5, 0.6) is 5.75 Å². The molecule has 0 aliphatic carbocycles. The maximum Gasteiger partial charge on any atom is 0.255 e. The van der Waals surface area contributed by atoms with E-state index in [4.69, 9.17) is 15.2 Å². The van der Waals surface area contributed by atoms with Crippen molar-refractivity contribution < 1.29 is 24.2 Å². The number of unbranched alkanes of at least 4 members (excludes halogenated alkanes) is 1. The van der Waals surface area contributed by atoms with Gasteiger partial charge in [-0.3, -0.25) is 9.59 Å². The lowest BCUT2D eigenvalue weighted by atomic mass is 9.87. The van der Waals surface area contributed by atoms with E-state index in [-0.39, 0.29) is 30.2 Å². The second kappa shape index (κ2) is 15.9. The van der Waals surface area contributed by atoms with E-state index in [1.165, 1.54) is 0 Å². The summed E-state index contributed by atoms with van der Waals surface area (Å²) in [5.41, 5.74) is 7.28. The number of nitrogens with two attached hydrogens (primary N) is 1. The molecule has 0 heterocycles. The topological polar surface area (TPSA) is 123 Å². The van der Waals surface area contributed by atoms with Crippen LogP contribution in [-0.2, 0) is 4.74 Å². The summed E-state index contributed by atoms with van der Waals surface area (Å²) in [4.78, 5) is 25.1. The van der Waals surface area contributed by atoms with Crippen molar-refractivity contribution >= 4 is 11.8 Å². The number of benzene rings is 2. The summed E-state index contributed by atoms with van der Waals surface area (Å²) in [5.74, 6) is 0.363. The molecule has 2 amide bonds. The number of carbonyl (C=O) groups is 2. The molecule has 8 nitrogen and oxygen atoms in total. The standard InChI is InChI=1S/C28H41N3O5/c1-20(2)22(17-24(29)25(32)19-31-27(33)21-11-5-4-6-12-21)18-30-28(34)23-13-7-8-14-26(23)36-16-10-9-15-35-3/h4-8,11-14,20,22,24-25,32H,9-10,15-19,29H2,1-3H3,(H,30,34)(H,31,33)/t22-,24+,25+/m1/s1.